The Hall–Kier alpha value is -4.57. The van der Waals surface area contributed by atoms with Crippen molar-refractivity contribution in [2.45, 2.75) is 26.0 Å². The monoisotopic (exact) mass is 550 g/mol. The largest absolute Gasteiger partial charge is 0.496 e. The molecule has 1 aromatic heterocycles. The minimum atomic E-state index is -1.47. The van der Waals surface area contributed by atoms with E-state index in [9.17, 15) is 23.5 Å². The molecule has 1 amide bonds. The summed E-state index contributed by atoms with van der Waals surface area (Å²) in [6.45, 7) is 2.83. The maximum atomic E-state index is 14.1. The highest BCUT2D eigenvalue weighted by Gasteiger charge is 2.26. The normalized spacial score (nSPS) is 11.7. The molecule has 0 bridgehead atoms. The molecule has 0 saturated heterocycles. The Morgan fingerprint density at radius 3 is 2.27 bits per heavy atom. The van der Waals surface area contributed by atoms with Crippen LogP contribution < -0.4 is 14.8 Å². The first kappa shape index (κ1) is 28.4. The minimum Gasteiger partial charge on any atom is -0.496 e. The standard InChI is InChI=1S/C30H28F2N2O6/c1-4-40-16-17-13-24(38-2)26(25(14-17)39-3)20-11-10-18(19-7-6-12-33-28(19)20)15-23(30(36)37)34-29(35)27-21(31)8-5-9-22(27)32/h5-14,23H,4,15-16H2,1-3H3,(H,34,35)(H,36,37)/t23-/m0/s1. The van der Waals surface area contributed by atoms with Crippen LogP contribution in [-0.4, -0.2) is 48.8 Å². The van der Waals surface area contributed by atoms with Gasteiger partial charge in [-0.15, -0.1) is 0 Å². The molecule has 0 aliphatic carbocycles. The van der Waals surface area contributed by atoms with Gasteiger partial charge in [0, 0.05) is 30.2 Å². The molecular formula is C30H28F2N2O6. The Morgan fingerprint density at radius 1 is 1.00 bits per heavy atom. The Labute approximate surface area is 229 Å². The highest BCUT2D eigenvalue weighted by molar-refractivity contribution is 6.00. The lowest BCUT2D eigenvalue weighted by Gasteiger charge is -2.19. The number of ether oxygens (including phenoxy) is 3. The fraction of sp³-hybridized carbons (Fsp3) is 0.233. The van der Waals surface area contributed by atoms with Crippen molar-refractivity contribution in [1.82, 2.24) is 10.3 Å². The van der Waals surface area contributed by atoms with E-state index in [1.54, 1.807) is 44.7 Å². The summed E-state index contributed by atoms with van der Waals surface area (Å²) >= 11 is 0. The third-order valence-corrected chi connectivity index (χ3v) is 6.39. The van der Waals surface area contributed by atoms with Gasteiger partial charge in [-0.3, -0.25) is 9.78 Å². The number of hydrogen-bond donors (Lipinski definition) is 2. The van der Waals surface area contributed by atoms with Gasteiger partial charge >= 0.3 is 5.97 Å². The number of carbonyl (C=O) groups excluding carboxylic acids is 1. The van der Waals surface area contributed by atoms with E-state index in [4.69, 9.17) is 14.2 Å². The maximum Gasteiger partial charge on any atom is 0.326 e. The van der Waals surface area contributed by atoms with Crippen LogP contribution in [0.3, 0.4) is 0 Å². The second-order valence-corrected chi connectivity index (χ2v) is 8.85. The van der Waals surface area contributed by atoms with E-state index >= 15 is 0 Å². The molecule has 1 heterocycles. The third kappa shape index (κ3) is 5.86. The van der Waals surface area contributed by atoms with Gasteiger partial charge in [-0.2, -0.15) is 0 Å². The molecule has 10 heteroatoms. The average molecular weight is 551 g/mol. The fourth-order valence-electron chi connectivity index (χ4n) is 4.51. The van der Waals surface area contributed by atoms with Gasteiger partial charge in [-0.25, -0.2) is 13.6 Å². The second kappa shape index (κ2) is 12.5. The summed E-state index contributed by atoms with van der Waals surface area (Å²) in [5.41, 5.74) is 2.45. The van der Waals surface area contributed by atoms with Crippen LogP contribution in [0.2, 0.25) is 0 Å². The molecular weight excluding hydrogens is 522 g/mol. The summed E-state index contributed by atoms with van der Waals surface area (Å²) in [4.78, 5) is 29.3. The van der Waals surface area contributed by atoms with Crippen molar-refractivity contribution >= 4 is 22.8 Å². The van der Waals surface area contributed by atoms with Gasteiger partial charge in [0.15, 0.2) is 0 Å². The lowest BCUT2D eigenvalue weighted by Crippen LogP contribution is -2.43. The molecule has 0 radical (unpaired) electrons. The van der Waals surface area contributed by atoms with Gasteiger partial charge in [0.1, 0.15) is 34.7 Å². The zero-order valence-corrected chi connectivity index (χ0v) is 22.2. The number of aliphatic carboxylic acids is 1. The number of carboxylic acid groups (broad SMARTS) is 1. The van der Waals surface area contributed by atoms with Crippen molar-refractivity contribution in [3.05, 3.63) is 89.1 Å². The Kier molecular flexibility index (Phi) is 8.90. The van der Waals surface area contributed by atoms with Crippen molar-refractivity contribution in [3.8, 4) is 22.6 Å². The van der Waals surface area contributed by atoms with Gasteiger partial charge in [-0.05, 0) is 48.4 Å². The number of amides is 1. The van der Waals surface area contributed by atoms with Gasteiger partial charge < -0.3 is 24.6 Å². The summed E-state index contributed by atoms with van der Waals surface area (Å²) < 4.78 is 45.2. The quantitative estimate of drug-likeness (QED) is 0.266. The van der Waals surface area contributed by atoms with Crippen LogP contribution in [0.15, 0.2) is 60.8 Å². The first-order valence-corrected chi connectivity index (χ1v) is 12.5. The predicted octanol–water partition coefficient (Wildman–Crippen LogP) is 5.16. The minimum absolute atomic E-state index is 0.165. The summed E-state index contributed by atoms with van der Waals surface area (Å²) in [7, 11) is 3.09. The summed E-state index contributed by atoms with van der Waals surface area (Å²) in [5.74, 6) is -3.62. The number of halogens is 2. The number of fused-ring (bicyclic) bond motifs is 1. The Morgan fingerprint density at radius 2 is 1.68 bits per heavy atom. The van der Waals surface area contributed by atoms with E-state index in [0.29, 0.717) is 52.3 Å². The van der Waals surface area contributed by atoms with Gasteiger partial charge in [0.25, 0.3) is 5.91 Å². The summed E-state index contributed by atoms with van der Waals surface area (Å²) in [6, 6.07) is 12.2. The van der Waals surface area contributed by atoms with Crippen LogP contribution in [0.4, 0.5) is 8.78 Å². The SMILES string of the molecule is CCOCc1cc(OC)c(-c2ccc(C[C@H](NC(=O)c3c(F)cccc3F)C(=O)O)c3cccnc23)c(OC)c1. The zero-order valence-electron chi connectivity index (χ0n) is 22.2. The molecule has 4 rings (SSSR count). The van der Waals surface area contributed by atoms with Crippen LogP contribution in [-0.2, 0) is 22.6 Å². The number of carboxylic acids is 1. The van der Waals surface area contributed by atoms with Crippen LogP contribution >= 0.6 is 0 Å². The van der Waals surface area contributed by atoms with Gasteiger partial charge in [0.05, 0.1) is 31.9 Å². The molecule has 208 valence electrons. The molecule has 0 fully saturated rings. The van der Waals surface area contributed by atoms with Crippen molar-refractivity contribution < 1.29 is 37.7 Å². The third-order valence-electron chi connectivity index (χ3n) is 6.39. The molecule has 0 aliphatic heterocycles. The summed E-state index contributed by atoms with van der Waals surface area (Å²) in [6.07, 6.45) is 1.44. The Balaban J connectivity index is 1.75. The average Bonchev–Trinajstić information content (AvgIpc) is 2.95. The smallest absolute Gasteiger partial charge is 0.326 e. The van der Waals surface area contributed by atoms with Crippen LogP contribution in [0.5, 0.6) is 11.5 Å². The predicted molar refractivity (Wildman–Crippen MR) is 145 cm³/mol. The molecule has 0 spiro atoms. The van der Waals surface area contributed by atoms with Crippen molar-refractivity contribution in [3.63, 3.8) is 0 Å². The van der Waals surface area contributed by atoms with Gasteiger partial charge in [0.2, 0.25) is 0 Å². The van der Waals surface area contributed by atoms with Crippen molar-refractivity contribution in [2.75, 3.05) is 20.8 Å². The first-order valence-electron chi connectivity index (χ1n) is 12.5. The van der Waals surface area contributed by atoms with Crippen LogP contribution in [0.1, 0.15) is 28.4 Å². The number of methoxy groups -OCH3 is 2. The molecule has 0 unspecified atom stereocenters. The van der Waals surface area contributed by atoms with E-state index in [1.165, 1.54) is 0 Å². The van der Waals surface area contributed by atoms with E-state index < -0.39 is 35.1 Å². The summed E-state index contributed by atoms with van der Waals surface area (Å²) in [5, 5.41) is 12.7. The zero-order chi connectivity index (χ0) is 28.8. The molecule has 0 aliphatic rings. The van der Waals surface area contributed by atoms with E-state index in [-0.39, 0.29) is 6.42 Å². The number of aromatic nitrogens is 1. The molecule has 40 heavy (non-hydrogen) atoms. The van der Waals surface area contributed by atoms with Crippen LogP contribution in [0, 0.1) is 11.6 Å². The number of pyridine rings is 1. The molecule has 3 aromatic carbocycles. The highest BCUT2D eigenvalue weighted by Crippen LogP contribution is 2.43. The van der Waals surface area contributed by atoms with E-state index in [2.05, 4.69) is 10.3 Å². The molecule has 1 atom stereocenters. The topological polar surface area (TPSA) is 107 Å². The van der Waals surface area contributed by atoms with Crippen LogP contribution in [0.25, 0.3) is 22.0 Å². The van der Waals surface area contributed by atoms with Crippen molar-refractivity contribution in [2.24, 2.45) is 0 Å². The lowest BCUT2D eigenvalue weighted by atomic mass is 9.93. The fourth-order valence-corrected chi connectivity index (χ4v) is 4.51. The number of nitrogens with one attached hydrogen (secondary N) is 1. The number of carbonyl (C=O) groups is 2. The molecule has 0 saturated carbocycles. The van der Waals surface area contributed by atoms with E-state index in [0.717, 1.165) is 23.8 Å². The maximum absolute atomic E-state index is 14.1. The molecule has 8 nitrogen and oxygen atoms in total. The molecule has 2 N–H and O–H groups in total. The van der Waals surface area contributed by atoms with E-state index in [1.807, 2.05) is 19.1 Å². The van der Waals surface area contributed by atoms with Crippen molar-refractivity contribution in [1.29, 1.82) is 0 Å². The second-order valence-electron chi connectivity index (χ2n) is 8.85. The lowest BCUT2D eigenvalue weighted by molar-refractivity contribution is -0.139. The highest BCUT2D eigenvalue weighted by atomic mass is 19.1. The number of rotatable bonds is 11. The number of nitrogens with zero attached hydrogens (tertiary/aromatic N) is 1. The Bertz CT molecular complexity index is 1510. The number of benzene rings is 3. The number of hydrogen-bond acceptors (Lipinski definition) is 6. The van der Waals surface area contributed by atoms with Gasteiger partial charge in [-0.1, -0.05) is 24.3 Å². The first-order chi connectivity index (χ1) is 19.3. The molecule has 4 aromatic rings.